The lowest BCUT2D eigenvalue weighted by Gasteiger charge is -2.21. The van der Waals surface area contributed by atoms with Crippen molar-refractivity contribution in [2.75, 3.05) is 13.7 Å². The number of hydrogen-bond acceptors (Lipinski definition) is 2. The van der Waals surface area contributed by atoms with Crippen LogP contribution in [0.2, 0.25) is 5.02 Å². The maximum atomic E-state index is 6.02. The molecule has 1 fully saturated rings. The van der Waals surface area contributed by atoms with Crippen molar-refractivity contribution >= 4 is 11.6 Å². The van der Waals surface area contributed by atoms with Gasteiger partial charge in [0, 0.05) is 16.6 Å². The molecule has 0 saturated heterocycles. The number of halogens is 1. The third-order valence-corrected chi connectivity index (χ3v) is 3.71. The maximum absolute atomic E-state index is 6.02. The minimum Gasteiger partial charge on any atom is -0.496 e. The zero-order valence-corrected chi connectivity index (χ0v) is 12.0. The van der Waals surface area contributed by atoms with Crippen LogP contribution in [0.25, 0.3) is 0 Å². The lowest BCUT2D eigenvalue weighted by Crippen LogP contribution is -2.23. The molecule has 2 rings (SSSR count). The van der Waals surface area contributed by atoms with Gasteiger partial charge in [-0.25, -0.2) is 0 Å². The summed E-state index contributed by atoms with van der Waals surface area (Å²) in [5.41, 5.74) is 1.24. The first-order valence-electron chi connectivity index (χ1n) is 6.81. The largest absolute Gasteiger partial charge is 0.496 e. The van der Waals surface area contributed by atoms with E-state index in [1.807, 2.05) is 12.1 Å². The molecule has 0 bridgehead atoms. The summed E-state index contributed by atoms with van der Waals surface area (Å²) >= 11 is 6.02. The second-order valence-electron chi connectivity index (χ2n) is 5.07. The number of nitrogens with one attached hydrogen (secondary N) is 1. The average Bonchev–Trinajstić information content (AvgIpc) is 3.18. The summed E-state index contributed by atoms with van der Waals surface area (Å²) in [7, 11) is 1.71. The van der Waals surface area contributed by atoms with Crippen LogP contribution in [0, 0.1) is 5.92 Å². The Morgan fingerprint density at radius 1 is 1.44 bits per heavy atom. The Bertz CT molecular complexity index is 390. The molecule has 0 spiro atoms. The SMILES string of the molecule is CCCNC(CC1CC1)c1ccc(Cl)cc1OC. The fraction of sp³-hybridized carbons (Fsp3) is 0.600. The van der Waals surface area contributed by atoms with Gasteiger partial charge in [-0.15, -0.1) is 0 Å². The molecule has 1 aromatic carbocycles. The van der Waals surface area contributed by atoms with E-state index in [1.54, 1.807) is 7.11 Å². The van der Waals surface area contributed by atoms with Gasteiger partial charge in [-0.3, -0.25) is 0 Å². The van der Waals surface area contributed by atoms with Crippen LogP contribution in [0.4, 0.5) is 0 Å². The van der Waals surface area contributed by atoms with Gasteiger partial charge in [-0.05, 0) is 37.4 Å². The van der Waals surface area contributed by atoms with Crippen molar-refractivity contribution in [2.24, 2.45) is 5.92 Å². The maximum Gasteiger partial charge on any atom is 0.125 e. The standard InChI is InChI=1S/C15H22ClNO/c1-3-8-17-14(9-11-4-5-11)13-7-6-12(16)10-15(13)18-2/h6-7,10-11,14,17H,3-5,8-9H2,1-2H3. The lowest BCUT2D eigenvalue weighted by atomic mass is 10.00. The minimum atomic E-state index is 0.393. The smallest absolute Gasteiger partial charge is 0.125 e. The van der Waals surface area contributed by atoms with Gasteiger partial charge in [0.2, 0.25) is 0 Å². The highest BCUT2D eigenvalue weighted by Gasteiger charge is 2.27. The van der Waals surface area contributed by atoms with Crippen LogP contribution in [-0.2, 0) is 0 Å². The molecule has 1 aliphatic carbocycles. The van der Waals surface area contributed by atoms with Crippen LogP contribution >= 0.6 is 11.6 Å². The first-order chi connectivity index (χ1) is 8.74. The Morgan fingerprint density at radius 3 is 2.83 bits per heavy atom. The van der Waals surface area contributed by atoms with E-state index in [0.29, 0.717) is 6.04 Å². The summed E-state index contributed by atoms with van der Waals surface area (Å²) in [6.45, 7) is 3.24. The number of benzene rings is 1. The molecule has 1 unspecified atom stereocenters. The van der Waals surface area contributed by atoms with Crippen LogP contribution in [0.5, 0.6) is 5.75 Å². The van der Waals surface area contributed by atoms with Crippen molar-refractivity contribution in [3.63, 3.8) is 0 Å². The zero-order chi connectivity index (χ0) is 13.0. The van der Waals surface area contributed by atoms with Crippen LogP contribution in [0.3, 0.4) is 0 Å². The topological polar surface area (TPSA) is 21.3 Å². The predicted octanol–water partition coefficient (Wildman–Crippen LogP) is 4.19. The Kier molecular flexibility index (Phi) is 4.90. The van der Waals surface area contributed by atoms with E-state index in [2.05, 4.69) is 18.3 Å². The van der Waals surface area contributed by atoms with Crippen LogP contribution in [0.15, 0.2) is 18.2 Å². The molecular formula is C15H22ClNO. The summed E-state index contributed by atoms with van der Waals surface area (Å²) in [6, 6.07) is 6.35. The van der Waals surface area contributed by atoms with Crippen molar-refractivity contribution in [2.45, 2.75) is 38.6 Å². The first-order valence-corrected chi connectivity index (χ1v) is 7.19. The molecular weight excluding hydrogens is 246 g/mol. The van der Waals surface area contributed by atoms with Crippen LogP contribution in [0.1, 0.15) is 44.2 Å². The highest BCUT2D eigenvalue weighted by atomic mass is 35.5. The van der Waals surface area contributed by atoms with E-state index < -0.39 is 0 Å². The van der Waals surface area contributed by atoms with Gasteiger partial charge in [0.05, 0.1) is 7.11 Å². The fourth-order valence-corrected chi connectivity index (χ4v) is 2.46. The summed E-state index contributed by atoms with van der Waals surface area (Å²) in [5, 5.41) is 4.36. The summed E-state index contributed by atoms with van der Waals surface area (Å²) in [6.07, 6.45) is 5.11. The van der Waals surface area contributed by atoms with E-state index >= 15 is 0 Å². The predicted molar refractivity (Wildman–Crippen MR) is 76.4 cm³/mol. The molecule has 100 valence electrons. The van der Waals surface area contributed by atoms with Crippen molar-refractivity contribution in [3.05, 3.63) is 28.8 Å². The third kappa shape index (κ3) is 3.63. The molecule has 1 saturated carbocycles. The van der Waals surface area contributed by atoms with Crippen LogP contribution < -0.4 is 10.1 Å². The Hall–Kier alpha value is -0.730. The number of hydrogen-bond donors (Lipinski definition) is 1. The molecule has 0 amide bonds. The van der Waals surface area contributed by atoms with Crippen molar-refractivity contribution in [1.82, 2.24) is 5.32 Å². The van der Waals surface area contributed by atoms with E-state index in [1.165, 1.54) is 24.8 Å². The second-order valence-corrected chi connectivity index (χ2v) is 5.51. The average molecular weight is 268 g/mol. The highest BCUT2D eigenvalue weighted by Crippen LogP contribution is 2.40. The number of rotatable bonds is 7. The molecule has 2 nitrogen and oxygen atoms in total. The van der Waals surface area contributed by atoms with Gasteiger partial charge in [0.15, 0.2) is 0 Å². The van der Waals surface area contributed by atoms with Gasteiger partial charge < -0.3 is 10.1 Å². The van der Waals surface area contributed by atoms with Gasteiger partial charge >= 0.3 is 0 Å². The van der Waals surface area contributed by atoms with E-state index in [9.17, 15) is 0 Å². The molecule has 3 heteroatoms. The second kappa shape index (κ2) is 6.44. The van der Waals surface area contributed by atoms with Gasteiger partial charge in [-0.2, -0.15) is 0 Å². The molecule has 1 N–H and O–H groups in total. The Balaban J connectivity index is 2.16. The van der Waals surface area contributed by atoms with Gasteiger partial charge in [0.25, 0.3) is 0 Å². The molecule has 18 heavy (non-hydrogen) atoms. The molecule has 0 radical (unpaired) electrons. The molecule has 0 heterocycles. The van der Waals surface area contributed by atoms with Crippen molar-refractivity contribution in [1.29, 1.82) is 0 Å². The quantitative estimate of drug-likeness (QED) is 0.800. The minimum absolute atomic E-state index is 0.393. The normalized spacial score (nSPS) is 16.6. The summed E-state index contributed by atoms with van der Waals surface area (Å²) < 4.78 is 5.46. The van der Waals surface area contributed by atoms with Gasteiger partial charge in [0.1, 0.15) is 5.75 Å². The fourth-order valence-electron chi connectivity index (χ4n) is 2.30. The lowest BCUT2D eigenvalue weighted by molar-refractivity contribution is 0.391. The van der Waals surface area contributed by atoms with E-state index in [-0.39, 0.29) is 0 Å². The van der Waals surface area contributed by atoms with E-state index in [0.717, 1.165) is 29.7 Å². The number of ether oxygens (including phenoxy) is 1. The van der Waals surface area contributed by atoms with Crippen molar-refractivity contribution in [3.8, 4) is 5.75 Å². The molecule has 1 aliphatic rings. The first kappa shape index (κ1) is 13.7. The highest BCUT2D eigenvalue weighted by molar-refractivity contribution is 6.30. The Labute approximate surface area is 115 Å². The summed E-state index contributed by atoms with van der Waals surface area (Å²) in [4.78, 5) is 0. The third-order valence-electron chi connectivity index (χ3n) is 3.48. The monoisotopic (exact) mass is 267 g/mol. The summed E-state index contributed by atoms with van der Waals surface area (Å²) in [5.74, 6) is 1.79. The van der Waals surface area contributed by atoms with Crippen molar-refractivity contribution < 1.29 is 4.74 Å². The molecule has 0 aliphatic heterocycles. The van der Waals surface area contributed by atoms with Crippen LogP contribution in [-0.4, -0.2) is 13.7 Å². The number of methoxy groups -OCH3 is 1. The molecule has 0 aromatic heterocycles. The Morgan fingerprint density at radius 2 is 2.22 bits per heavy atom. The van der Waals surface area contributed by atoms with Gasteiger partial charge in [-0.1, -0.05) is 37.4 Å². The zero-order valence-electron chi connectivity index (χ0n) is 11.2. The van der Waals surface area contributed by atoms with E-state index in [4.69, 9.17) is 16.3 Å². The molecule has 1 aromatic rings. The molecule has 1 atom stereocenters.